The average molecular weight is 125 g/mol. The van der Waals surface area contributed by atoms with E-state index in [0.717, 1.165) is 12.2 Å². The largest absolute Gasteiger partial charge is 0.382 e. The third-order valence-electron chi connectivity index (χ3n) is 1.30. The van der Waals surface area contributed by atoms with E-state index >= 15 is 0 Å². The molecule has 50 valence electrons. The molecule has 0 aliphatic heterocycles. The number of hydrogen-bond acceptors (Lipinski definition) is 2. The zero-order valence-corrected chi connectivity index (χ0v) is 5.76. The van der Waals surface area contributed by atoms with Crippen LogP contribution in [0.5, 0.6) is 0 Å². The second kappa shape index (κ2) is 2.09. The Bertz CT molecular complexity index is 202. The number of aryl methyl sites for hydroxylation is 2. The molecule has 0 saturated carbocycles. The molecule has 0 spiro atoms. The lowest BCUT2D eigenvalue weighted by Gasteiger charge is -1.94. The summed E-state index contributed by atoms with van der Waals surface area (Å²) >= 11 is 0. The summed E-state index contributed by atoms with van der Waals surface area (Å²) in [6.45, 7) is 4.93. The number of nitrogens with two attached hydrogens (primary N) is 1. The van der Waals surface area contributed by atoms with Gasteiger partial charge in [-0.2, -0.15) is 5.10 Å². The van der Waals surface area contributed by atoms with Gasteiger partial charge in [0.1, 0.15) is 5.82 Å². The monoisotopic (exact) mass is 125 g/mol. The summed E-state index contributed by atoms with van der Waals surface area (Å²) in [6, 6.07) is 1.86. The van der Waals surface area contributed by atoms with Crippen LogP contribution >= 0.6 is 0 Å². The highest BCUT2D eigenvalue weighted by molar-refractivity contribution is 5.28. The molecular formula is C6H11N3. The van der Waals surface area contributed by atoms with Gasteiger partial charge in [-0.3, -0.25) is 4.68 Å². The molecule has 3 nitrogen and oxygen atoms in total. The predicted octanol–water partition coefficient (Wildman–Crippen LogP) is 0.794. The summed E-state index contributed by atoms with van der Waals surface area (Å²) in [7, 11) is 0. The average Bonchev–Trinajstić information content (AvgIpc) is 2.10. The zero-order chi connectivity index (χ0) is 6.85. The van der Waals surface area contributed by atoms with E-state index in [0.29, 0.717) is 5.82 Å². The van der Waals surface area contributed by atoms with Crippen molar-refractivity contribution >= 4 is 5.82 Å². The second-order valence-corrected chi connectivity index (χ2v) is 2.03. The molecule has 3 heteroatoms. The number of hydrogen-bond donors (Lipinski definition) is 1. The Labute approximate surface area is 54.5 Å². The highest BCUT2D eigenvalue weighted by Crippen LogP contribution is 2.02. The van der Waals surface area contributed by atoms with Gasteiger partial charge in [-0.1, -0.05) is 0 Å². The first-order valence-corrected chi connectivity index (χ1v) is 3.04. The molecule has 0 atom stereocenters. The normalized spacial score (nSPS) is 10.0. The van der Waals surface area contributed by atoms with Gasteiger partial charge in [0.05, 0.1) is 0 Å². The molecule has 0 bridgehead atoms. The highest BCUT2D eigenvalue weighted by atomic mass is 15.3. The first-order valence-electron chi connectivity index (χ1n) is 3.04. The summed E-state index contributed by atoms with van der Waals surface area (Å²) in [5.41, 5.74) is 6.54. The van der Waals surface area contributed by atoms with Gasteiger partial charge < -0.3 is 5.73 Å². The van der Waals surface area contributed by atoms with Crippen LogP contribution in [-0.4, -0.2) is 9.78 Å². The number of rotatable bonds is 1. The second-order valence-electron chi connectivity index (χ2n) is 2.03. The van der Waals surface area contributed by atoms with E-state index in [4.69, 9.17) is 5.73 Å². The van der Waals surface area contributed by atoms with Crippen LogP contribution in [0.4, 0.5) is 5.82 Å². The van der Waals surface area contributed by atoms with Gasteiger partial charge in [0, 0.05) is 18.3 Å². The number of nitrogens with zero attached hydrogens (tertiary/aromatic N) is 2. The van der Waals surface area contributed by atoms with Crippen molar-refractivity contribution in [1.82, 2.24) is 9.78 Å². The van der Waals surface area contributed by atoms with Crippen LogP contribution in [0.25, 0.3) is 0 Å². The SMILES string of the molecule is CCn1nc(N)cc1C. The first kappa shape index (κ1) is 6.13. The topological polar surface area (TPSA) is 43.8 Å². The van der Waals surface area contributed by atoms with Gasteiger partial charge in [0.25, 0.3) is 0 Å². The van der Waals surface area contributed by atoms with Crippen molar-refractivity contribution in [2.75, 3.05) is 5.73 Å². The predicted molar refractivity (Wildman–Crippen MR) is 37.1 cm³/mol. The molecule has 1 aromatic heterocycles. The molecule has 0 radical (unpaired) electrons. The Morgan fingerprint density at radius 2 is 2.44 bits per heavy atom. The minimum Gasteiger partial charge on any atom is -0.382 e. The van der Waals surface area contributed by atoms with Gasteiger partial charge in [-0.25, -0.2) is 0 Å². The molecule has 0 aromatic carbocycles. The molecule has 1 heterocycles. The van der Waals surface area contributed by atoms with Gasteiger partial charge in [-0.05, 0) is 13.8 Å². The molecule has 2 N–H and O–H groups in total. The summed E-state index contributed by atoms with van der Waals surface area (Å²) < 4.78 is 1.87. The van der Waals surface area contributed by atoms with Crippen LogP contribution in [0, 0.1) is 6.92 Å². The molecule has 0 aliphatic rings. The fourth-order valence-electron chi connectivity index (χ4n) is 0.856. The van der Waals surface area contributed by atoms with E-state index in [1.807, 2.05) is 24.6 Å². The van der Waals surface area contributed by atoms with Gasteiger partial charge in [-0.15, -0.1) is 0 Å². The first-order chi connectivity index (χ1) is 4.24. The highest BCUT2D eigenvalue weighted by Gasteiger charge is 1.95. The van der Waals surface area contributed by atoms with Crippen molar-refractivity contribution in [3.8, 4) is 0 Å². The van der Waals surface area contributed by atoms with Crippen molar-refractivity contribution in [2.45, 2.75) is 20.4 Å². The van der Waals surface area contributed by atoms with Crippen LogP contribution in [0.15, 0.2) is 6.07 Å². The third-order valence-corrected chi connectivity index (χ3v) is 1.30. The minimum atomic E-state index is 0.606. The van der Waals surface area contributed by atoms with Crippen LogP contribution in [-0.2, 0) is 6.54 Å². The van der Waals surface area contributed by atoms with Crippen LogP contribution in [0.1, 0.15) is 12.6 Å². The van der Waals surface area contributed by atoms with Crippen LogP contribution in [0.2, 0.25) is 0 Å². The van der Waals surface area contributed by atoms with Crippen LogP contribution in [0.3, 0.4) is 0 Å². The lowest BCUT2D eigenvalue weighted by molar-refractivity contribution is 0.642. The van der Waals surface area contributed by atoms with E-state index in [1.54, 1.807) is 0 Å². The maximum Gasteiger partial charge on any atom is 0.145 e. The molecule has 0 fully saturated rings. The van der Waals surface area contributed by atoms with Crippen LogP contribution < -0.4 is 5.73 Å². The molecule has 0 unspecified atom stereocenters. The third kappa shape index (κ3) is 1.04. The lowest BCUT2D eigenvalue weighted by atomic mass is 10.5. The Morgan fingerprint density at radius 1 is 1.78 bits per heavy atom. The zero-order valence-electron chi connectivity index (χ0n) is 5.76. The molecular weight excluding hydrogens is 114 g/mol. The summed E-state index contributed by atoms with van der Waals surface area (Å²) in [5.74, 6) is 0.606. The Kier molecular flexibility index (Phi) is 1.42. The number of anilines is 1. The van der Waals surface area contributed by atoms with E-state index in [1.165, 1.54) is 0 Å². The van der Waals surface area contributed by atoms with Crippen molar-refractivity contribution < 1.29 is 0 Å². The van der Waals surface area contributed by atoms with E-state index in [9.17, 15) is 0 Å². The Morgan fingerprint density at radius 3 is 2.67 bits per heavy atom. The van der Waals surface area contributed by atoms with Crippen molar-refractivity contribution in [3.05, 3.63) is 11.8 Å². The Balaban J connectivity index is 3.01. The molecule has 9 heavy (non-hydrogen) atoms. The summed E-state index contributed by atoms with van der Waals surface area (Å²) in [6.07, 6.45) is 0. The molecule has 0 saturated heterocycles. The maximum atomic E-state index is 5.42. The number of aromatic nitrogens is 2. The quantitative estimate of drug-likeness (QED) is 0.603. The molecule has 1 aromatic rings. The van der Waals surface area contributed by atoms with Gasteiger partial charge >= 0.3 is 0 Å². The van der Waals surface area contributed by atoms with E-state index < -0.39 is 0 Å². The minimum absolute atomic E-state index is 0.606. The smallest absolute Gasteiger partial charge is 0.145 e. The van der Waals surface area contributed by atoms with E-state index in [2.05, 4.69) is 5.10 Å². The Hall–Kier alpha value is -0.990. The fraction of sp³-hybridized carbons (Fsp3) is 0.500. The van der Waals surface area contributed by atoms with Crippen molar-refractivity contribution in [1.29, 1.82) is 0 Å². The molecule has 0 aliphatic carbocycles. The summed E-state index contributed by atoms with van der Waals surface area (Å²) in [4.78, 5) is 0. The standard InChI is InChI=1S/C6H11N3/c1-3-9-5(2)4-6(7)8-9/h4H,3H2,1-2H3,(H2,7,8). The fourth-order valence-corrected chi connectivity index (χ4v) is 0.856. The van der Waals surface area contributed by atoms with Crippen molar-refractivity contribution in [3.63, 3.8) is 0 Å². The maximum absolute atomic E-state index is 5.42. The van der Waals surface area contributed by atoms with E-state index in [-0.39, 0.29) is 0 Å². The van der Waals surface area contributed by atoms with Gasteiger partial charge in [0.15, 0.2) is 0 Å². The van der Waals surface area contributed by atoms with Gasteiger partial charge in [0.2, 0.25) is 0 Å². The lowest BCUT2D eigenvalue weighted by Crippen LogP contribution is -1.98. The summed E-state index contributed by atoms with van der Waals surface area (Å²) in [5, 5.41) is 4.02. The van der Waals surface area contributed by atoms with Crippen molar-refractivity contribution in [2.24, 2.45) is 0 Å². The molecule has 0 amide bonds. The molecule has 1 rings (SSSR count). The number of nitrogen functional groups attached to an aromatic ring is 1.